The molecular formula is C11H22N2O2. The van der Waals surface area contributed by atoms with Gasteiger partial charge in [-0.3, -0.25) is 4.79 Å². The van der Waals surface area contributed by atoms with E-state index >= 15 is 0 Å². The fourth-order valence-corrected chi connectivity index (χ4v) is 1.93. The summed E-state index contributed by atoms with van der Waals surface area (Å²) in [6, 6.07) is 0. The van der Waals surface area contributed by atoms with E-state index in [1.165, 1.54) is 0 Å². The Bertz CT molecular complexity index is 231. The quantitative estimate of drug-likeness (QED) is 0.725. The van der Waals surface area contributed by atoms with Crippen LogP contribution in [0.15, 0.2) is 0 Å². The van der Waals surface area contributed by atoms with E-state index in [4.69, 9.17) is 10.8 Å². The van der Waals surface area contributed by atoms with E-state index in [1.54, 1.807) is 6.92 Å². The highest BCUT2D eigenvalue weighted by atomic mass is 16.4. The van der Waals surface area contributed by atoms with Crippen molar-refractivity contribution in [2.75, 3.05) is 19.6 Å². The van der Waals surface area contributed by atoms with Gasteiger partial charge in [0.1, 0.15) is 5.54 Å². The molecule has 1 fully saturated rings. The molecule has 3 unspecified atom stereocenters. The van der Waals surface area contributed by atoms with Crippen molar-refractivity contribution >= 4 is 5.97 Å². The zero-order valence-electron chi connectivity index (χ0n) is 9.86. The van der Waals surface area contributed by atoms with Gasteiger partial charge < -0.3 is 15.7 Å². The maximum Gasteiger partial charge on any atom is 0.323 e. The van der Waals surface area contributed by atoms with Crippen LogP contribution in [0.5, 0.6) is 0 Å². The Morgan fingerprint density at radius 1 is 1.47 bits per heavy atom. The topological polar surface area (TPSA) is 66.6 Å². The molecule has 1 heterocycles. The molecule has 0 amide bonds. The monoisotopic (exact) mass is 214 g/mol. The summed E-state index contributed by atoms with van der Waals surface area (Å²) in [5.41, 5.74) is 4.59. The number of likely N-dealkylation sites (tertiary alicyclic amines) is 1. The third kappa shape index (κ3) is 3.18. The first-order valence-electron chi connectivity index (χ1n) is 5.57. The molecule has 1 rings (SSSR count). The minimum absolute atomic E-state index is 0.516. The maximum atomic E-state index is 10.8. The van der Waals surface area contributed by atoms with Gasteiger partial charge >= 0.3 is 5.97 Å². The standard InChI is InChI=1S/C11H22N2O2/c1-8-6-13(7-9(8)2)5-4-11(3,12)10(14)15/h8-9H,4-7,12H2,1-3H3,(H,14,15). The fourth-order valence-electron chi connectivity index (χ4n) is 1.93. The van der Waals surface area contributed by atoms with E-state index in [0.29, 0.717) is 18.3 Å². The molecule has 88 valence electrons. The number of aliphatic carboxylic acids is 1. The highest BCUT2D eigenvalue weighted by molar-refractivity contribution is 5.77. The number of nitrogens with zero attached hydrogens (tertiary/aromatic N) is 1. The minimum Gasteiger partial charge on any atom is -0.480 e. The fraction of sp³-hybridized carbons (Fsp3) is 0.909. The van der Waals surface area contributed by atoms with Gasteiger partial charge in [0.25, 0.3) is 0 Å². The molecular weight excluding hydrogens is 192 g/mol. The molecule has 0 aromatic heterocycles. The minimum atomic E-state index is -1.09. The smallest absolute Gasteiger partial charge is 0.323 e. The highest BCUT2D eigenvalue weighted by Gasteiger charge is 2.31. The summed E-state index contributed by atoms with van der Waals surface area (Å²) in [4.78, 5) is 13.1. The first-order valence-corrected chi connectivity index (χ1v) is 5.57. The molecule has 0 bridgehead atoms. The number of rotatable bonds is 4. The third-order valence-corrected chi connectivity index (χ3v) is 3.50. The van der Waals surface area contributed by atoms with Gasteiger partial charge in [0.05, 0.1) is 0 Å². The lowest BCUT2D eigenvalue weighted by Gasteiger charge is -2.23. The van der Waals surface area contributed by atoms with Gasteiger partial charge in [-0.05, 0) is 25.2 Å². The van der Waals surface area contributed by atoms with Crippen LogP contribution in [0.4, 0.5) is 0 Å². The lowest BCUT2D eigenvalue weighted by atomic mass is 9.99. The summed E-state index contributed by atoms with van der Waals surface area (Å²) >= 11 is 0. The van der Waals surface area contributed by atoms with Crippen LogP contribution in [-0.4, -0.2) is 41.1 Å². The summed E-state index contributed by atoms with van der Waals surface area (Å²) in [5, 5.41) is 8.88. The Morgan fingerprint density at radius 2 is 1.93 bits per heavy atom. The van der Waals surface area contributed by atoms with Crippen molar-refractivity contribution in [2.24, 2.45) is 17.6 Å². The van der Waals surface area contributed by atoms with Crippen LogP contribution < -0.4 is 5.73 Å². The Hall–Kier alpha value is -0.610. The molecule has 1 aliphatic heterocycles. The van der Waals surface area contributed by atoms with Gasteiger partial charge in [0, 0.05) is 19.6 Å². The van der Waals surface area contributed by atoms with Gasteiger partial charge in [0.2, 0.25) is 0 Å². The van der Waals surface area contributed by atoms with E-state index < -0.39 is 11.5 Å². The molecule has 15 heavy (non-hydrogen) atoms. The van der Waals surface area contributed by atoms with Crippen molar-refractivity contribution in [2.45, 2.75) is 32.7 Å². The van der Waals surface area contributed by atoms with Crippen molar-refractivity contribution in [3.63, 3.8) is 0 Å². The van der Waals surface area contributed by atoms with Gasteiger partial charge in [-0.15, -0.1) is 0 Å². The maximum absolute atomic E-state index is 10.8. The van der Waals surface area contributed by atoms with E-state index in [0.717, 1.165) is 19.6 Å². The van der Waals surface area contributed by atoms with E-state index in [9.17, 15) is 4.79 Å². The number of carbonyl (C=O) groups is 1. The van der Waals surface area contributed by atoms with Crippen molar-refractivity contribution in [1.82, 2.24) is 4.90 Å². The Kier molecular flexibility index (Phi) is 3.73. The second kappa shape index (κ2) is 4.49. The van der Waals surface area contributed by atoms with Crippen molar-refractivity contribution in [1.29, 1.82) is 0 Å². The summed E-state index contributed by atoms with van der Waals surface area (Å²) < 4.78 is 0. The summed E-state index contributed by atoms with van der Waals surface area (Å²) in [6.07, 6.45) is 0.516. The molecule has 4 heteroatoms. The molecule has 4 nitrogen and oxygen atoms in total. The van der Waals surface area contributed by atoms with Crippen LogP contribution in [0.1, 0.15) is 27.2 Å². The van der Waals surface area contributed by atoms with Crippen molar-refractivity contribution in [3.05, 3.63) is 0 Å². The predicted molar refractivity (Wildman–Crippen MR) is 59.6 cm³/mol. The molecule has 1 aliphatic rings. The normalized spacial score (nSPS) is 31.5. The number of nitrogens with two attached hydrogens (primary N) is 1. The van der Waals surface area contributed by atoms with Crippen molar-refractivity contribution in [3.8, 4) is 0 Å². The zero-order valence-corrected chi connectivity index (χ0v) is 9.86. The Morgan fingerprint density at radius 3 is 2.33 bits per heavy atom. The molecule has 1 saturated heterocycles. The predicted octanol–water partition coefficient (Wildman–Crippen LogP) is 0.766. The van der Waals surface area contributed by atoms with Gasteiger partial charge in [-0.1, -0.05) is 13.8 Å². The average molecular weight is 214 g/mol. The second-order valence-corrected chi connectivity index (χ2v) is 5.19. The first kappa shape index (κ1) is 12.5. The SMILES string of the molecule is CC1CN(CCC(C)(N)C(=O)O)CC1C. The van der Waals surface area contributed by atoms with Crippen LogP contribution in [0, 0.1) is 11.8 Å². The molecule has 3 atom stereocenters. The van der Waals surface area contributed by atoms with E-state index in [1.807, 2.05) is 0 Å². The van der Waals surface area contributed by atoms with Crippen LogP contribution in [0.2, 0.25) is 0 Å². The van der Waals surface area contributed by atoms with Crippen molar-refractivity contribution < 1.29 is 9.90 Å². The van der Waals surface area contributed by atoms with Gasteiger partial charge in [-0.25, -0.2) is 0 Å². The number of carboxylic acids is 1. The summed E-state index contributed by atoms with van der Waals surface area (Å²) in [7, 11) is 0. The summed E-state index contributed by atoms with van der Waals surface area (Å²) in [5.74, 6) is 0.500. The Labute approximate surface area is 91.4 Å². The van der Waals surface area contributed by atoms with Gasteiger partial charge in [0.15, 0.2) is 0 Å². The van der Waals surface area contributed by atoms with Crippen LogP contribution in [0.25, 0.3) is 0 Å². The van der Waals surface area contributed by atoms with E-state index in [2.05, 4.69) is 18.7 Å². The highest BCUT2D eigenvalue weighted by Crippen LogP contribution is 2.22. The zero-order chi connectivity index (χ0) is 11.6. The largest absolute Gasteiger partial charge is 0.480 e. The molecule has 3 N–H and O–H groups in total. The third-order valence-electron chi connectivity index (χ3n) is 3.50. The van der Waals surface area contributed by atoms with Gasteiger partial charge in [-0.2, -0.15) is 0 Å². The molecule has 0 spiro atoms. The van der Waals surface area contributed by atoms with Crippen LogP contribution in [-0.2, 0) is 4.79 Å². The Balaban J connectivity index is 2.36. The van der Waals surface area contributed by atoms with Crippen LogP contribution in [0.3, 0.4) is 0 Å². The lowest BCUT2D eigenvalue weighted by Crippen LogP contribution is -2.47. The average Bonchev–Trinajstić information content (AvgIpc) is 2.43. The first-order chi connectivity index (χ1) is 6.83. The second-order valence-electron chi connectivity index (χ2n) is 5.19. The number of hydrogen-bond acceptors (Lipinski definition) is 3. The molecule has 0 aromatic rings. The van der Waals surface area contributed by atoms with Crippen LogP contribution >= 0.6 is 0 Å². The molecule has 0 saturated carbocycles. The summed E-state index contributed by atoms with van der Waals surface area (Å²) in [6.45, 7) is 8.98. The number of hydrogen-bond donors (Lipinski definition) is 2. The molecule has 0 aliphatic carbocycles. The molecule has 0 aromatic carbocycles. The van der Waals surface area contributed by atoms with E-state index in [-0.39, 0.29) is 0 Å². The lowest BCUT2D eigenvalue weighted by molar-refractivity contribution is -0.143. The number of carboxylic acid groups (broad SMARTS) is 1. The molecule has 0 radical (unpaired) electrons.